The van der Waals surface area contributed by atoms with Gasteiger partial charge in [0, 0.05) is 0 Å². The Morgan fingerprint density at radius 1 is 0.641 bits per heavy atom. The summed E-state index contributed by atoms with van der Waals surface area (Å²) in [6.45, 7) is 14.3. The second-order valence-electron chi connectivity index (χ2n) is 11.4. The Morgan fingerprint density at radius 2 is 1.03 bits per heavy atom. The predicted molar refractivity (Wildman–Crippen MR) is 151 cm³/mol. The van der Waals surface area contributed by atoms with Crippen LogP contribution in [0.25, 0.3) is 0 Å². The summed E-state index contributed by atoms with van der Waals surface area (Å²) in [4.78, 5) is 63.8. The second-order valence-corrected chi connectivity index (χ2v) is 11.4. The minimum atomic E-state index is -0.963. The molecule has 10 nitrogen and oxygen atoms in total. The highest BCUT2D eigenvalue weighted by Gasteiger charge is 2.34. The Morgan fingerprint density at radius 3 is 1.38 bits per heavy atom. The molecule has 5 unspecified atom stereocenters. The quantitative estimate of drug-likeness (QED) is 0.209. The molecule has 5 atom stereocenters. The van der Waals surface area contributed by atoms with Gasteiger partial charge in [-0.1, -0.05) is 85.7 Å². The van der Waals surface area contributed by atoms with Gasteiger partial charge in [0.25, 0.3) is 0 Å². The zero-order chi connectivity index (χ0) is 29.9. The third kappa shape index (κ3) is 10.8. The first-order valence-electron chi connectivity index (χ1n) is 13.7. The minimum absolute atomic E-state index is 0.110. The summed E-state index contributed by atoms with van der Waals surface area (Å²) in [6, 6.07) is 4.98. The Bertz CT molecular complexity index is 964. The number of rotatable bonds is 15. The number of benzene rings is 1. The molecule has 1 aromatic carbocycles. The summed E-state index contributed by atoms with van der Waals surface area (Å²) < 4.78 is 0. The summed E-state index contributed by atoms with van der Waals surface area (Å²) in [6.07, 6.45) is 0.995. The fourth-order valence-electron chi connectivity index (χ4n) is 3.92. The fourth-order valence-corrected chi connectivity index (χ4v) is 3.92. The van der Waals surface area contributed by atoms with Gasteiger partial charge >= 0.3 is 0 Å². The summed E-state index contributed by atoms with van der Waals surface area (Å²) in [7, 11) is 0. The van der Waals surface area contributed by atoms with Crippen molar-refractivity contribution in [3.8, 4) is 0 Å². The lowest BCUT2D eigenvalue weighted by Gasteiger charge is -2.30. The molecule has 0 saturated carbocycles. The van der Waals surface area contributed by atoms with E-state index in [0.717, 1.165) is 5.56 Å². The number of aldehydes is 1. The monoisotopic (exact) mass is 545 g/mol. The lowest BCUT2D eigenvalue weighted by atomic mass is 9.97. The van der Waals surface area contributed by atoms with Gasteiger partial charge in [-0.15, -0.1) is 0 Å². The predicted octanol–water partition coefficient (Wildman–Crippen LogP) is 1.32. The molecule has 0 radical (unpaired) electrons. The van der Waals surface area contributed by atoms with Crippen LogP contribution >= 0.6 is 0 Å². The Balaban J connectivity index is 2.98. The number of amides is 4. The lowest BCUT2D eigenvalue weighted by Crippen LogP contribution is -2.61. The third-order valence-corrected chi connectivity index (χ3v) is 6.55. The van der Waals surface area contributed by atoms with Crippen LogP contribution in [0.3, 0.4) is 0 Å². The molecule has 1 rings (SSSR count). The number of nitrogens with one attached hydrogen (secondary N) is 4. The van der Waals surface area contributed by atoms with E-state index in [1.807, 2.05) is 44.2 Å². The van der Waals surface area contributed by atoms with Crippen molar-refractivity contribution in [2.45, 2.75) is 92.0 Å². The maximum Gasteiger partial charge on any atom is 0.243 e. The first-order valence-corrected chi connectivity index (χ1v) is 13.7. The number of carbonyl (C=O) groups excluding carboxylic acids is 5. The second kappa shape index (κ2) is 16.0. The van der Waals surface area contributed by atoms with Crippen molar-refractivity contribution in [3.05, 3.63) is 35.9 Å². The largest absolute Gasteiger partial charge is 0.344 e. The first kappa shape index (κ1) is 33.8. The molecule has 0 aromatic heterocycles. The maximum atomic E-state index is 13.3. The van der Waals surface area contributed by atoms with Gasteiger partial charge in [0.1, 0.15) is 24.4 Å². The molecular formula is C29H47N5O5. The smallest absolute Gasteiger partial charge is 0.243 e. The van der Waals surface area contributed by atoms with Crippen LogP contribution in [-0.2, 0) is 30.4 Å². The van der Waals surface area contributed by atoms with Crippen LogP contribution in [0, 0.1) is 23.7 Å². The standard InChI is InChI=1S/C29H47N5O5/c1-16(2)22(30)26(36)32-24(18(5)6)28(38)34-25(19(7)8)29(39)33-23(17(3)4)27(37)31-21(15-35)14-20-12-10-9-11-13-20/h9-13,15-19,21-25H,14,30H2,1-8H3,(H,31,37)(H,32,36)(H,33,39)(H,34,38). The average molecular weight is 546 g/mol. The molecule has 0 saturated heterocycles. The van der Waals surface area contributed by atoms with Crippen molar-refractivity contribution in [1.82, 2.24) is 21.3 Å². The van der Waals surface area contributed by atoms with Crippen molar-refractivity contribution in [3.63, 3.8) is 0 Å². The summed E-state index contributed by atoms with van der Waals surface area (Å²) >= 11 is 0. The summed E-state index contributed by atoms with van der Waals surface area (Å²) in [5.74, 6) is -2.96. The highest BCUT2D eigenvalue weighted by molar-refractivity contribution is 5.95. The topological polar surface area (TPSA) is 159 Å². The van der Waals surface area contributed by atoms with Crippen LogP contribution in [0.4, 0.5) is 0 Å². The van der Waals surface area contributed by atoms with Crippen LogP contribution in [0.2, 0.25) is 0 Å². The van der Waals surface area contributed by atoms with Crippen LogP contribution in [0.15, 0.2) is 30.3 Å². The van der Waals surface area contributed by atoms with E-state index in [1.165, 1.54) is 0 Å². The Kier molecular flexibility index (Phi) is 13.8. The van der Waals surface area contributed by atoms with E-state index in [0.29, 0.717) is 12.7 Å². The number of carbonyl (C=O) groups is 5. The van der Waals surface area contributed by atoms with Crippen LogP contribution in [0.1, 0.15) is 61.0 Å². The van der Waals surface area contributed by atoms with E-state index >= 15 is 0 Å². The van der Waals surface area contributed by atoms with E-state index in [9.17, 15) is 24.0 Å². The van der Waals surface area contributed by atoms with Crippen LogP contribution in [0.5, 0.6) is 0 Å². The molecule has 0 aliphatic rings. The molecule has 0 bridgehead atoms. The van der Waals surface area contributed by atoms with Crippen molar-refractivity contribution >= 4 is 29.9 Å². The highest BCUT2D eigenvalue weighted by Crippen LogP contribution is 2.11. The van der Waals surface area contributed by atoms with Crippen molar-refractivity contribution < 1.29 is 24.0 Å². The molecule has 218 valence electrons. The molecule has 10 heteroatoms. The molecule has 39 heavy (non-hydrogen) atoms. The highest BCUT2D eigenvalue weighted by atomic mass is 16.2. The van der Waals surface area contributed by atoms with Crippen molar-refractivity contribution in [2.75, 3.05) is 0 Å². The number of hydrogen-bond donors (Lipinski definition) is 5. The maximum absolute atomic E-state index is 13.3. The normalized spacial score (nSPS) is 15.3. The van der Waals surface area contributed by atoms with Gasteiger partial charge < -0.3 is 31.8 Å². The molecule has 6 N–H and O–H groups in total. The van der Waals surface area contributed by atoms with Gasteiger partial charge in [0.2, 0.25) is 23.6 Å². The third-order valence-electron chi connectivity index (χ3n) is 6.55. The Labute approximate surface area is 232 Å². The lowest BCUT2D eigenvalue weighted by molar-refractivity contribution is -0.136. The molecule has 0 aliphatic heterocycles. The molecular weight excluding hydrogens is 498 g/mol. The van der Waals surface area contributed by atoms with Crippen LogP contribution < -0.4 is 27.0 Å². The van der Waals surface area contributed by atoms with Crippen molar-refractivity contribution in [2.24, 2.45) is 29.4 Å². The fraction of sp³-hybridized carbons (Fsp3) is 0.621. The molecule has 4 amide bonds. The van der Waals surface area contributed by atoms with Crippen molar-refractivity contribution in [1.29, 1.82) is 0 Å². The molecule has 0 heterocycles. The van der Waals surface area contributed by atoms with Gasteiger partial charge in [-0.05, 0) is 35.7 Å². The molecule has 0 fully saturated rings. The van der Waals surface area contributed by atoms with E-state index < -0.39 is 53.8 Å². The van der Waals surface area contributed by atoms with E-state index in [2.05, 4.69) is 21.3 Å². The van der Waals surface area contributed by atoms with Gasteiger partial charge in [0.05, 0.1) is 12.1 Å². The van der Waals surface area contributed by atoms with E-state index in [1.54, 1.807) is 41.5 Å². The van der Waals surface area contributed by atoms with Gasteiger partial charge in [0.15, 0.2) is 0 Å². The number of hydrogen-bond acceptors (Lipinski definition) is 6. The Hall–Kier alpha value is -3.27. The van der Waals surface area contributed by atoms with Crippen LogP contribution in [-0.4, -0.2) is 60.1 Å². The van der Waals surface area contributed by atoms with E-state index in [-0.39, 0.29) is 23.7 Å². The zero-order valence-electron chi connectivity index (χ0n) is 24.5. The summed E-state index contributed by atoms with van der Waals surface area (Å²) in [5, 5.41) is 10.9. The SMILES string of the molecule is CC(C)C(N)C(=O)NC(C(=O)NC(C(=O)NC(C(=O)NC(C=O)Cc1ccccc1)C(C)C)C(C)C)C(C)C. The molecule has 1 aromatic rings. The van der Waals surface area contributed by atoms with E-state index in [4.69, 9.17) is 5.73 Å². The first-order chi connectivity index (χ1) is 18.2. The molecule has 0 aliphatic carbocycles. The van der Waals surface area contributed by atoms with Gasteiger partial charge in [-0.25, -0.2) is 0 Å². The van der Waals surface area contributed by atoms with Gasteiger partial charge in [-0.3, -0.25) is 19.2 Å². The summed E-state index contributed by atoms with van der Waals surface area (Å²) in [5.41, 5.74) is 6.83. The molecule has 0 spiro atoms. The van der Waals surface area contributed by atoms with Gasteiger partial charge in [-0.2, -0.15) is 0 Å². The average Bonchev–Trinajstić information content (AvgIpc) is 2.87. The minimum Gasteiger partial charge on any atom is -0.344 e. The zero-order valence-corrected chi connectivity index (χ0v) is 24.5. The number of nitrogens with two attached hydrogens (primary N) is 1.